The van der Waals surface area contributed by atoms with Crippen molar-refractivity contribution in [2.24, 2.45) is 0 Å². The predicted octanol–water partition coefficient (Wildman–Crippen LogP) is 0.638. The summed E-state index contributed by atoms with van der Waals surface area (Å²) in [7, 11) is -2.74. The molecule has 0 amide bonds. The molecule has 4 nitrogen and oxygen atoms in total. The Bertz CT molecular complexity index is 322. The van der Waals surface area contributed by atoms with E-state index in [4.69, 9.17) is 0 Å². The van der Waals surface area contributed by atoms with Gasteiger partial charge >= 0.3 is 0 Å². The van der Waals surface area contributed by atoms with Crippen molar-refractivity contribution in [1.82, 2.24) is 10.2 Å². The number of nitrogens with zero attached hydrogens (tertiary/aromatic N) is 1. The van der Waals surface area contributed by atoms with Gasteiger partial charge in [-0.15, -0.1) is 0 Å². The van der Waals surface area contributed by atoms with Gasteiger partial charge in [0.1, 0.15) is 0 Å². The van der Waals surface area contributed by atoms with Crippen molar-refractivity contribution in [1.29, 1.82) is 0 Å². The molecule has 0 bridgehead atoms. The highest BCUT2D eigenvalue weighted by molar-refractivity contribution is 7.91. The molecular formula is C12H24N2O2S. The van der Waals surface area contributed by atoms with Crippen LogP contribution >= 0.6 is 0 Å². The maximum atomic E-state index is 11.3. The van der Waals surface area contributed by atoms with Gasteiger partial charge in [-0.25, -0.2) is 8.42 Å². The van der Waals surface area contributed by atoms with E-state index in [1.54, 1.807) is 0 Å². The van der Waals surface area contributed by atoms with Gasteiger partial charge in [-0.2, -0.15) is 0 Å². The van der Waals surface area contributed by atoms with E-state index in [9.17, 15) is 8.42 Å². The lowest BCUT2D eigenvalue weighted by Crippen LogP contribution is -2.49. The summed E-state index contributed by atoms with van der Waals surface area (Å²) in [4.78, 5) is 2.29. The second kappa shape index (κ2) is 5.67. The minimum Gasteiger partial charge on any atom is -0.312 e. The first-order chi connectivity index (χ1) is 8.07. The number of hydrogen-bond acceptors (Lipinski definition) is 4. The molecule has 2 aliphatic rings. The lowest BCUT2D eigenvalue weighted by Gasteiger charge is -2.33. The molecule has 1 aliphatic carbocycles. The summed E-state index contributed by atoms with van der Waals surface area (Å²) < 4.78 is 22.7. The Morgan fingerprint density at radius 1 is 1.24 bits per heavy atom. The molecule has 0 aromatic heterocycles. The SMILES string of the molecule is CC(CNC1CCCC1)N1CCS(=O)(=O)CC1. The molecule has 100 valence electrons. The first-order valence-corrected chi connectivity index (χ1v) is 8.57. The van der Waals surface area contributed by atoms with Crippen LogP contribution in [0.25, 0.3) is 0 Å². The monoisotopic (exact) mass is 260 g/mol. The van der Waals surface area contributed by atoms with E-state index < -0.39 is 9.84 Å². The normalized spacial score (nSPS) is 28.3. The van der Waals surface area contributed by atoms with Crippen LogP contribution in [-0.2, 0) is 9.84 Å². The molecule has 5 heteroatoms. The fraction of sp³-hybridized carbons (Fsp3) is 1.00. The average molecular weight is 260 g/mol. The van der Waals surface area contributed by atoms with Crippen LogP contribution in [0.15, 0.2) is 0 Å². The van der Waals surface area contributed by atoms with Gasteiger partial charge in [0.2, 0.25) is 0 Å². The zero-order valence-corrected chi connectivity index (χ0v) is 11.5. The van der Waals surface area contributed by atoms with E-state index >= 15 is 0 Å². The highest BCUT2D eigenvalue weighted by Crippen LogP contribution is 2.17. The van der Waals surface area contributed by atoms with E-state index in [2.05, 4.69) is 17.1 Å². The second-order valence-electron chi connectivity index (χ2n) is 5.43. The third-order valence-electron chi connectivity index (χ3n) is 4.06. The zero-order valence-electron chi connectivity index (χ0n) is 10.7. The van der Waals surface area contributed by atoms with Gasteiger partial charge in [0.05, 0.1) is 11.5 Å². The van der Waals surface area contributed by atoms with E-state index in [1.807, 2.05) is 0 Å². The smallest absolute Gasteiger partial charge is 0.152 e. The summed E-state index contributed by atoms with van der Waals surface area (Å²) in [6.45, 7) is 4.59. The van der Waals surface area contributed by atoms with E-state index in [-0.39, 0.29) is 0 Å². The summed E-state index contributed by atoms with van der Waals surface area (Å²) in [6, 6.07) is 1.15. The molecule has 0 aromatic rings. The largest absolute Gasteiger partial charge is 0.312 e. The molecule has 1 atom stereocenters. The van der Waals surface area contributed by atoms with Crippen molar-refractivity contribution in [2.75, 3.05) is 31.1 Å². The number of sulfone groups is 1. The number of nitrogens with one attached hydrogen (secondary N) is 1. The molecule has 1 saturated carbocycles. The van der Waals surface area contributed by atoms with Crippen LogP contribution in [0.2, 0.25) is 0 Å². The molecule has 1 N–H and O–H groups in total. The minimum atomic E-state index is -2.74. The first kappa shape index (κ1) is 13.3. The Kier molecular flexibility index (Phi) is 4.44. The van der Waals surface area contributed by atoms with Crippen molar-refractivity contribution in [3.05, 3.63) is 0 Å². The molecule has 2 fully saturated rings. The lowest BCUT2D eigenvalue weighted by atomic mass is 10.2. The van der Waals surface area contributed by atoms with Gasteiger partial charge in [-0.3, -0.25) is 4.90 Å². The fourth-order valence-corrected chi connectivity index (χ4v) is 3.99. The van der Waals surface area contributed by atoms with Gasteiger partial charge < -0.3 is 5.32 Å². The molecule has 2 rings (SSSR count). The highest BCUT2D eigenvalue weighted by atomic mass is 32.2. The van der Waals surface area contributed by atoms with E-state index in [1.165, 1.54) is 25.7 Å². The van der Waals surface area contributed by atoms with Gasteiger partial charge in [0, 0.05) is 31.7 Å². The van der Waals surface area contributed by atoms with Crippen LogP contribution < -0.4 is 5.32 Å². The quantitative estimate of drug-likeness (QED) is 0.806. The maximum absolute atomic E-state index is 11.3. The third kappa shape index (κ3) is 3.93. The van der Waals surface area contributed by atoms with Gasteiger partial charge in [0.15, 0.2) is 9.84 Å². The molecule has 1 heterocycles. The van der Waals surface area contributed by atoms with Gasteiger partial charge in [-0.1, -0.05) is 12.8 Å². The Morgan fingerprint density at radius 2 is 1.82 bits per heavy atom. The molecular weight excluding hydrogens is 236 g/mol. The van der Waals surface area contributed by atoms with Crippen LogP contribution in [0.5, 0.6) is 0 Å². The Morgan fingerprint density at radius 3 is 2.41 bits per heavy atom. The fourth-order valence-electron chi connectivity index (χ4n) is 2.76. The molecule has 0 radical (unpaired) electrons. The summed E-state index contributed by atoms with van der Waals surface area (Å²) >= 11 is 0. The van der Waals surface area contributed by atoms with Crippen molar-refractivity contribution in [2.45, 2.75) is 44.7 Å². The van der Waals surface area contributed by atoms with Gasteiger partial charge in [0.25, 0.3) is 0 Å². The Balaban J connectivity index is 1.71. The van der Waals surface area contributed by atoms with Crippen molar-refractivity contribution >= 4 is 9.84 Å². The first-order valence-electron chi connectivity index (χ1n) is 6.75. The van der Waals surface area contributed by atoms with E-state index in [0.717, 1.165) is 6.54 Å². The number of hydrogen-bond donors (Lipinski definition) is 1. The minimum absolute atomic E-state index is 0.334. The summed E-state index contributed by atoms with van der Waals surface area (Å²) in [6.07, 6.45) is 5.32. The van der Waals surface area contributed by atoms with Crippen LogP contribution in [0, 0.1) is 0 Å². The predicted molar refractivity (Wildman–Crippen MR) is 69.9 cm³/mol. The van der Waals surface area contributed by atoms with Crippen molar-refractivity contribution < 1.29 is 8.42 Å². The third-order valence-corrected chi connectivity index (χ3v) is 5.67. The molecule has 0 aromatic carbocycles. The van der Waals surface area contributed by atoms with Crippen LogP contribution in [0.1, 0.15) is 32.6 Å². The maximum Gasteiger partial charge on any atom is 0.152 e. The molecule has 17 heavy (non-hydrogen) atoms. The van der Waals surface area contributed by atoms with Crippen LogP contribution in [0.4, 0.5) is 0 Å². The topological polar surface area (TPSA) is 49.4 Å². The van der Waals surface area contributed by atoms with Crippen LogP contribution in [0.3, 0.4) is 0 Å². The molecule has 1 saturated heterocycles. The van der Waals surface area contributed by atoms with Crippen molar-refractivity contribution in [3.63, 3.8) is 0 Å². The number of rotatable bonds is 4. The molecule has 1 unspecified atom stereocenters. The van der Waals surface area contributed by atoms with Crippen molar-refractivity contribution in [3.8, 4) is 0 Å². The second-order valence-corrected chi connectivity index (χ2v) is 7.73. The Labute approximate surface area is 105 Å². The summed E-state index contributed by atoms with van der Waals surface area (Å²) in [5, 5.41) is 3.61. The van der Waals surface area contributed by atoms with Crippen LogP contribution in [-0.4, -0.2) is 56.5 Å². The zero-order chi connectivity index (χ0) is 12.3. The standard InChI is InChI=1S/C12H24N2O2S/c1-11(10-13-12-4-2-3-5-12)14-6-8-17(15,16)9-7-14/h11-13H,2-10H2,1H3. The Hall–Kier alpha value is -0.130. The molecule has 1 aliphatic heterocycles. The van der Waals surface area contributed by atoms with E-state index in [0.29, 0.717) is 36.7 Å². The summed E-state index contributed by atoms with van der Waals surface area (Å²) in [5.74, 6) is 0.668. The lowest BCUT2D eigenvalue weighted by molar-refractivity contribution is 0.216. The highest BCUT2D eigenvalue weighted by Gasteiger charge is 2.25. The van der Waals surface area contributed by atoms with Gasteiger partial charge in [-0.05, 0) is 19.8 Å². The molecule has 0 spiro atoms. The summed E-state index contributed by atoms with van der Waals surface area (Å²) in [5.41, 5.74) is 0. The average Bonchev–Trinajstić information content (AvgIpc) is 2.78.